The maximum Gasteiger partial charge on any atom is 0.279 e. The highest BCUT2D eigenvalue weighted by molar-refractivity contribution is 7.89. The van der Waals surface area contributed by atoms with Gasteiger partial charge in [0.15, 0.2) is 4.80 Å². The molecule has 1 aromatic heterocycles. The third-order valence-electron chi connectivity index (χ3n) is 5.45. The van der Waals surface area contributed by atoms with Gasteiger partial charge in [-0.05, 0) is 55.3 Å². The second kappa shape index (κ2) is 9.40. The highest BCUT2D eigenvalue weighted by Gasteiger charge is 2.26. The summed E-state index contributed by atoms with van der Waals surface area (Å²) in [6, 6.07) is 11.7. The number of carbonyl (C=O) groups is 1. The highest BCUT2D eigenvalue weighted by atomic mass is 32.2. The van der Waals surface area contributed by atoms with E-state index in [0.717, 1.165) is 35.2 Å². The Morgan fingerprint density at radius 3 is 2.53 bits per heavy atom. The van der Waals surface area contributed by atoms with Crippen LogP contribution in [0.25, 0.3) is 10.2 Å². The Morgan fingerprint density at radius 1 is 1.16 bits per heavy atom. The maximum atomic E-state index is 12.8. The predicted octanol–water partition coefficient (Wildman–Crippen LogP) is 3.81. The summed E-state index contributed by atoms with van der Waals surface area (Å²) in [5.41, 5.74) is 1.27. The van der Waals surface area contributed by atoms with Gasteiger partial charge in [0, 0.05) is 25.2 Å². The summed E-state index contributed by atoms with van der Waals surface area (Å²) in [4.78, 5) is 17.9. The Hall–Kier alpha value is -2.75. The Morgan fingerprint density at radius 2 is 1.88 bits per heavy atom. The second-order valence-electron chi connectivity index (χ2n) is 7.52. The number of sulfonamides is 1. The van der Waals surface area contributed by atoms with Crippen molar-refractivity contribution in [3.63, 3.8) is 0 Å². The number of hydrogen-bond donors (Lipinski definition) is 0. The van der Waals surface area contributed by atoms with E-state index in [-0.39, 0.29) is 4.90 Å². The van der Waals surface area contributed by atoms with Gasteiger partial charge in [-0.15, -0.1) is 6.58 Å². The first-order chi connectivity index (χ1) is 15.4. The molecule has 2 aromatic carbocycles. The van der Waals surface area contributed by atoms with Gasteiger partial charge in [0.1, 0.15) is 5.75 Å². The van der Waals surface area contributed by atoms with Crippen LogP contribution >= 0.6 is 11.3 Å². The average Bonchev–Trinajstić information content (AvgIpc) is 3.16. The lowest BCUT2D eigenvalue weighted by molar-refractivity contribution is 0.0997. The van der Waals surface area contributed by atoms with Crippen LogP contribution in [0.3, 0.4) is 0 Å². The van der Waals surface area contributed by atoms with E-state index in [1.807, 2.05) is 22.8 Å². The Kier molecular flexibility index (Phi) is 6.59. The number of piperidine rings is 1. The van der Waals surface area contributed by atoms with Crippen molar-refractivity contribution in [2.24, 2.45) is 4.99 Å². The number of aromatic nitrogens is 1. The monoisotopic (exact) mass is 471 g/mol. The number of thiazole rings is 1. The van der Waals surface area contributed by atoms with Crippen molar-refractivity contribution < 1.29 is 17.9 Å². The molecule has 32 heavy (non-hydrogen) atoms. The van der Waals surface area contributed by atoms with Crippen LogP contribution < -0.4 is 9.54 Å². The smallest absolute Gasteiger partial charge is 0.279 e. The van der Waals surface area contributed by atoms with E-state index in [1.165, 1.54) is 39.9 Å². The van der Waals surface area contributed by atoms with Crippen LogP contribution in [0.1, 0.15) is 29.6 Å². The molecular formula is C23H25N3O4S2. The first kappa shape index (κ1) is 22.4. The number of hydrogen-bond acceptors (Lipinski definition) is 5. The first-order valence-corrected chi connectivity index (χ1v) is 12.7. The van der Waals surface area contributed by atoms with E-state index in [4.69, 9.17) is 4.74 Å². The van der Waals surface area contributed by atoms with Gasteiger partial charge in [0.2, 0.25) is 10.0 Å². The first-order valence-electron chi connectivity index (χ1n) is 10.4. The lowest BCUT2D eigenvalue weighted by atomic mass is 10.2. The number of fused-ring (bicyclic) bond motifs is 1. The summed E-state index contributed by atoms with van der Waals surface area (Å²) in [6.45, 7) is 5.38. The molecule has 1 saturated heterocycles. The number of benzene rings is 2. The van der Waals surface area contributed by atoms with E-state index in [2.05, 4.69) is 11.6 Å². The zero-order chi connectivity index (χ0) is 22.7. The van der Waals surface area contributed by atoms with Gasteiger partial charge in [-0.2, -0.15) is 9.30 Å². The van der Waals surface area contributed by atoms with Gasteiger partial charge < -0.3 is 9.30 Å². The SMILES string of the molecule is C=CCn1c(=NC(=O)c2ccc(S(=O)(=O)N3CCCCC3)cc2)sc2cc(OC)ccc21. The molecule has 1 aliphatic rings. The normalized spacial score (nSPS) is 15.7. The van der Waals surface area contributed by atoms with Gasteiger partial charge in [-0.25, -0.2) is 8.42 Å². The summed E-state index contributed by atoms with van der Waals surface area (Å²) in [5.74, 6) is 0.302. The number of carbonyl (C=O) groups excluding carboxylic acids is 1. The van der Waals surface area contributed by atoms with Gasteiger partial charge in [0.25, 0.3) is 5.91 Å². The topological polar surface area (TPSA) is 81.0 Å². The Balaban J connectivity index is 1.65. The molecule has 0 radical (unpaired) electrons. The molecule has 9 heteroatoms. The minimum atomic E-state index is -3.53. The number of amides is 1. The average molecular weight is 472 g/mol. The molecule has 2 heterocycles. The fourth-order valence-corrected chi connectivity index (χ4v) is 6.33. The van der Waals surface area contributed by atoms with Crippen LogP contribution in [0, 0.1) is 0 Å². The molecule has 0 atom stereocenters. The molecular weight excluding hydrogens is 446 g/mol. The van der Waals surface area contributed by atoms with Gasteiger partial charge >= 0.3 is 0 Å². The molecule has 0 saturated carbocycles. The molecule has 168 valence electrons. The molecule has 0 bridgehead atoms. The highest BCUT2D eigenvalue weighted by Crippen LogP contribution is 2.24. The molecule has 1 amide bonds. The van der Waals surface area contributed by atoms with Crippen molar-refractivity contribution in [1.29, 1.82) is 0 Å². The van der Waals surface area contributed by atoms with Gasteiger partial charge in [-0.3, -0.25) is 4.79 Å². The summed E-state index contributed by atoms with van der Waals surface area (Å²) in [5, 5.41) is 0. The summed E-state index contributed by atoms with van der Waals surface area (Å²) in [6.07, 6.45) is 4.55. The summed E-state index contributed by atoms with van der Waals surface area (Å²) < 4.78 is 35.3. The van der Waals surface area contributed by atoms with Crippen molar-refractivity contribution in [1.82, 2.24) is 8.87 Å². The molecule has 0 aliphatic carbocycles. The fourth-order valence-electron chi connectivity index (χ4n) is 3.75. The summed E-state index contributed by atoms with van der Waals surface area (Å²) in [7, 11) is -1.93. The molecule has 0 N–H and O–H groups in total. The van der Waals surface area contributed by atoms with E-state index >= 15 is 0 Å². The molecule has 4 rings (SSSR count). The molecule has 0 unspecified atom stereocenters. The van der Waals surface area contributed by atoms with Gasteiger partial charge in [0.05, 0.1) is 22.2 Å². The standard InChI is InChI=1S/C23H25N3O4S2/c1-3-13-26-20-12-9-18(30-2)16-21(20)31-23(26)24-22(27)17-7-10-19(11-8-17)32(28,29)25-14-5-4-6-15-25/h3,7-12,16H,1,4-6,13-15H2,2H3. The quantitative estimate of drug-likeness (QED) is 0.512. The van der Waals surface area contributed by atoms with Crippen LogP contribution in [-0.2, 0) is 16.6 Å². The number of ether oxygens (including phenoxy) is 1. The Bertz CT molecular complexity index is 1320. The van der Waals surface area contributed by atoms with Gasteiger partial charge in [-0.1, -0.05) is 23.8 Å². The summed E-state index contributed by atoms with van der Waals surface area (Å²) >= 11 is 1.39. The maximum absolute atomic E-state index is 12.8. The van der Waals surface area contributed by atoms with Crippen molar-refractivity contribution in [2.75, 3.05) is 20.2 Å². The fraction of sp³-hybridized carbons (Fsp3) is 0.304. The van der Waals surface area contributed by atoms with Crippen molar-refractivity contribution >= 4 is 37.5 Å². The molecule has 0 spiro atoms. The van der Waals surface area contributed by atoms with Crippen LogP contribution in [0.15, 0.2) is 65.0 Å². The largest absolute Gasteiger partial charge is 0.497 e. The van der Waals surface area contributed by atoms with Crippen LogP contribution in [-0.4, -0.2) is 43.4 Å². The minimum Gasteiger partial charge on any atom is -0.497 e. The van der Waals surface area contributed by atoms with Crippen LogP contribution in [0.4, 0.5) is 0 Å². The minimum absolute atomic E-state index is 0.201. The van der Waals surface area contributed by atoms with E-state index in [1.54, 1.807) is 13.2 Å². The third kappa shape index (κ3) is 4.41. The zero-order valence-corrected chi connectivity index (χ0v) is 19.5. The number of nitrogens with zero attached hydrogens (tertiary/aromatic N) is 3. The number of allylic oxidation sites excluding steroid dienone is 1. The van der Waals surface area contributed by atoms with Crippen LogP contribution in [0.5, 0.6) is 5.75 Å². The Labute approximate surface area is 191 Å². The van der Waals surface area contributed by atoms with Crippen molar-refractivity contribution in [2.45, 2.75) is 30.7 Å². The lowest BCUT2D eigenvalue weighted by Crippen LogP contribution is -2.35. The molecule has 1 fully saturated rings. The molecule has 1 aliphatic heterocycles. The number of rotatable bonds is 6. The molecule has 7 nitrogen and oxygen atoms in total. The third-order valence-corrected chi connectivity index (χ3v) is 8.41. The van der Waals surface area contributed by atoms with E-state index in [0.29, 0.717) is 30.0 Å². The van der Waals surface area contributed by atoms with E-state index < -0.39 is 15.9 Å². The lowest BCUT2D eigenvalue weighted by Gasteiger charge is -2.25. The van der Waals surface area contributed by atoms with Crippen molar-refractivity contribution in [3.05, 3.63) is 65.5 Å². The number of methoxy groups -OCH3 is 1. The van der Waals surface area contributed by atoms with Crippen LogP contribution in [0.2, 0.25) is 0 Å². The predicted molar refractivity (Wildman–Crippen MR) is 126 cm³/mol. The molecule has 3 aromatic rings. The zero-order valence-electron chi connectivity index (χ0n) is 17.9. The van der Waals surface area contributed by atoms with Crippen molar-refractivity contribution in [3.8, 4) is 5.75 Å². The second-order valence-corrected chi connectivity index (χ2v) is 10.5. The van der Waals surface area contributed by atoms with E-state index in [9.17, 15) is 13.2 Å².